The average Bonchev–Trinajstić information content (AvgIpc) is 2.96. The minimum Gasteiger partial charge on any atom is -0.378 e. The van der Waals surface area contributed by atoms with Crippen LogP contribution in [-0.4, -0.2) is 79.3 Å². The summed E-state index contributed by atoms with van der Waals surface area (Å²) in [6.45, 7) is 7.88. The second-order valence-corrected chi connectivity index (χ2v) is 10.5. The number of benzene rings is 1. The maximum Gasteiger partial charge on any atom is 0.264 e. The number of nitrogens with one attached hydrogen (secondary N) is 2. The molecule has 0 spiro atoms. The molecule has 9 nitrogen and oxygen atoms in total. The van der Waals surface area contributed by atoms with Crippen molar-refractivity contribution in [2.45, 2.75) is 32.4 Å². The van der Waals surface area contributed by atoms with Crippen LogP contribution in [0.4, 0.5) is 30.4 Å². The Kier molecular flexibility index (Phi) is 8.32. The van der Waals surface area contributed by atoms with Crippen molar-refractivity contribution >= 4 is 23.1 Å². The van der Waals surface area contributed by atoms with Crippen LogP contribution in [0.3, 0.4) is 0 Å². The van der Waals surface area contributed by atoms with E-state index in [1.54, 1.807) is 12.3 Å². The number of piperazine rings is 1. The van der Waals surface area contributed by atoms with Crippen LogP contribution < -0.4 is 20.7 Å². The van der Waals surface area contributed by atoms with Crippen LogP contribution in [0.25, 0.3) is 11.1 Å². The minimum absolute atomic E-state index is 0.145. The number of hydrogen-bond donors (Lipinski definition) is 2. The van der Waals surface area contributed by atoms with Crippen molar-refractivity contribution in [1.29, 1.82) is 0 Å². The first kappa shape index (κ1) is 28.6. The molecule has 0 bridgehead atoms. The van der Waals surface area contributed by atoms with Gasteiger partial charge in [-0.15, -0.1) is 0 Å². The van der Waals surface area contributed by atoms with Crippen LogP contribution in [-0.2, 0) is 4.74 Å². The second kappa shape index (κ2) is 11.9. The number of rotatable bonds is 6. The van der Waals surface area contributed by atoms with Gasteiger partial charge in [-0.05, 0) is 45.2 Å². The zero-order chi connectivity index (χ0) is 29.3. The number of halogens is 3. The Balaban J connectivity index is 1.53. The van der Waals surface area contributed by atoms with Gasteiger partial charge in [0.1, 0.15) is 11.6 Å². The number of carbonyl (C=O) groups is 1. The summed E-state index contributed by atoms with van der Waals surface area (Å²) < 4.78 is 48.5. The minimum atomic E-state index is -3.03. The molecular weight excluding hydrogens is 537 g/mol. The molecule has 41 heavy (non-hydrogen) atoms. The topological polar surface area (TPSA) is 93.8 Å². The Hall–Kier alpha value is -3.90. The zero-order valence-corrected chi connectivity index (χ0v) is 23.2. The fourth-order valence-electron chi connectivity index (χ4n) is 5.33. The third-order valence-corrected chi connectivity index (χ3v) is 7.86. The number of H-pyrrole nitrogens is 1. The number of pyridine rings is 2. The standard InChI is InChI=1S/C29H33F3N6O3/c1-17-15-38(16-18(2)36(17)3)25-12-23(30)20(19-4-5-26(33-13-19)37-6-8-41-9-7-37)10-24(25)35-29(40)22-14-34-27(39)11-21(22)28(31)32/h4-5,10-14,17-18,28H,6-9,15-16H2,1-3H3,(H,34,39)(H,35,40)/t17-,18+. The largest absolute Gasteiger partial charge is 0.378 e. The third-order valence-electron chi connectivity index (χ3n) is 7.86. The Bertz CT molecular complexity index is 1450. The van der Waals surface area contributed by atoms with Gasteiger partial charge in [0.25, 0.3) is 12.3 Å². The molecule has 12 heteroatoms. The molecule has 0 saturated carbocycles. The van der Waals surface area contributed by atoms with Crippen LogP contribution in [0, 0.1) is 5.82 Å². The highest BCUT2D eigenvalue weighted by Gasteiger charge is 2.30. The Morgan fingerprint density at radius 2 is 1.80 bits per heavy atom. The molecule has 4 heterocycles. The van der Waals surface area contributed by atoms with Crippen molar-refractivity contribution in [2.75, 3.05) is 61.6 Å². The van der Waals surface area contributed by atoms with Crippen LogP contribution >= 0.6 is 0 Å². The average molecular weight is 571 g/mol. The number of amides is 1. The van der Waals surface area contributed by atoms with E-state index in [-0.39, 0.29) is 28.9 Å². The predicted octanol–water partition coefficient (Wildman–Crippen LogP) is 4.13. The lowest BCUT2D eigenvalue weighted by atomic mass is 10.0. The summed E-state index contributed by atoms with van der Waals surface area (Å²) in [6.07, 6.45) is -0.486. The van der Waals surface area contributed by atoms with Gasteiger partial charge in [-0.1, -0.05) is 0 Å². The van der Waals surface area contributed by atoms with Crippen molar-refractivity contribution in [3.63, 3.8) is 0 Å². The Morgan fingerprint density at radius 3 is 2.44 bits per heavy atom. The quantitative estimate of drug-likeness (QED) is 0.460. The van der Waals surface area contributed by atoms with Gasteiger partial charge in [0, 0.05) is 73.4 Å². The van der Waals surface area contributed by atoms with Crippen molar-refractivity contribution in [2.24, 2.45) is 0 Å². The molecule has 1 aromatic carbocycles. The van der Waals surface area contributed by atoms with Gasteiger partial charge in [0.15, 0.2) is 0 Å². The number of hydrogen-bond acceptors (Lipinski definition) is 7. The lowest BCUT2D eigenvalue weighted by Gasteiger charge is -2.44. The van der Waals surface area contributed by atoms with E-state index in [1.165, 1.54) is 12.1 Å². The number of likely N-dealkylation sites (N-methyl/N-ethyl adjacent to an activating group) is 1. The third kappa shape index (κ3) is 6.08. The summed E-state index contributed by atoms with van der Waals surface area (Å²) >= 11 is 0. The number of aromatic amines is 1. The number of ether oxygens (including phenoxy) is 1. The van der Waals surface area contributed by atoms with Crippen molar-refractivity contribution in [3.05, 3.63) is 70.0 Å². The maximum atomic E-state index is 15.7. The maximum absolute atomic E-state index is 15.7. The van der Waals surface area contributed by atoms with E-state index in [2.05, 4.69) is 38.9 Å². The van der Waals surface area contributed by atoms with Gasteiger partial charge >= 0.3 is 0 Å². The molecule has 5 rings (SSSR count). The molecule has 2 N–H and O–H groups in total. The number of morpholine rings is 1. The van der Waals surface area contributed by atoms with E-state index in [0.717, 1.165) is 12.0 Å². The van der Waals surface area contributed by atoms with Crippen LogP contribution in [0.2, 0.25) is 0 Å². The molecule has 0 unspecified atom stereocenters. The van der Waals surface area contributed by atoms with Gasteiger partial charge in [0.05, 0.1) is 30.2 Å². The van der Waals surface area contributed by atoms with Crippen LogP contribution in [0.15, 0.2) is 47.5 Å². The number of alkyl halides is 2. The normalized spacial score (nSPS) is 20.0. The lowest BCUT2D eigenvalue weighted by molar-refractivity contribution is 0.101. The summed E-state index contributed by atoms with van der Waals surface area (Å²) in [4.78, 5) is 38.1. The highest BCUT2D eigenvalue weighted by Crippen LogP contribution is 2.36. The fraction of sp³-hybridized carbons (Fsp3) is 0.414. The molecule has 2 fully saturated rings. The van der Waals surface area contributed by atoms with Crippen molar-refractivity contribution in [3.8, 4) is 11.1 Å². The number of carbonyl (C=O) groups excluding carboxylic acids is 1. The second-order valence-electron chi connectivity index (χ2n) is 10.5. The Labute approximate surface area is 235 Å². The number of anilines is 3. The molecule has 3 aromatic rings. The first-order valence-corrected chi connectivity index (χ1v) is 13.5. The molecule has 0 radical (unpaired) electrons. The summed E-state index contributed by atoms with van der Waals surface area (Å²) in [5.74, 6) is -0.595. The van der Waals surface area contributed by atoms with E-state index in [4.69, 9.17) is 4.74 Å². The molecule has 2 atom stereocenters. The van der Waals surface area contributed by atoms with E-state index < -0.39 is 29.3 Å². The predicted molar refractivity (Wildman–Crippen MR) is 152 cm³/mol. The molecule has 2 aliphatic rings. The van der Waals surface area contributed by atoms with Crippen molar-refractivity contribution in [1.82, 2.24) is 14.9 Å². The summed E-state index contributed by atoms with van der Waals surface area (Å²) in [7, 11) is 2.02. The summed E-state index contributed by atoms with van der Waals surface area (Å²) in [5, 5.41) is 2.72. The molecule has 2 aliphatic heterocycles. The van der Waals surface area contributed by atoms with E-state index in [0.29, 0.717) is 56.7 Å². The lowest BCUT2D eigenvalue weighted by Crippen LogP contribution is -2.55. The van der Waals surface area contributed by atoms with E-state index in [9.17, 15) is 18.4 Å². The number of nitrogens with zero attached hydrogens (tertiary/aromatic N) is 4. The highest BCUT2D eigenvalue weighted by molar-refractivity contribution is 6.07. The van der Waals surface area contributed by atoms with E-state index >= 15 is 4.39 Å². The van der Waals surface area contributed by atoms with Gasteiger partial charge in [-0.3, -0.25) is 14.5 Å². The zero-order valence-electron chi connectivity index (χ0n) is 23.2. The number of aromatic nitrogens is 2. The molecule has 1 amide bonds. The van der Waals surface area contributed by atoms with Gasteiger partial charge in [-0.25, -0.2) is 18.2 Å². The first-order valence-electron chi connectivity index (χ1n) is 13.5. The summed E-state index contributed by atoms with van der Waals surface area (Å²) in [5.41, 5.74) is -0.385. The van der Waals surface area contributed by atoms with Crippen LogP contribution in [0.1, 0.15) is 36.2 Å². The summed E-state index contributed by atoms with van der Waals surface area (Å²) in [6, 6.07) is 7.45. The van der Waals surface area contributed by atoms with Crippen LogP contribution in [0.5, 0.6) is 0 Å². The monoisotopic (exact) mass is 570 g/mol. The molecular formula is C29H33F3N6O3. The smallest absolute Gasteiger partial charge is 0.264 e. The molecule has 2 saturated heterocycles. The SMILES string of the molecule is C[C@@H]1CN(c2cc(F)c(-c3ccc(N4CCOCC4)nc3)cc2NC(=O)c2c[nH]c(=O)cc2C(F)F)C[C@H](C)N1C. The molecule has 2 aromatic heterocycles. The molecule has 218 valence electrons. The van der Waals surface area contributed by atoms with Gasteiger partial charge < -0.3 is 24.8 Å². The van der Waals surface area contributed by atoms with E-state index in [1.807, 2.05) is 18.0 Å². The Morgan fingerprint density at radius 1 is 1.10 bits per heavy atom. The molecule has 0 aliphatic carbocycles. The van der Waals surface area contributed by atoms with Gasteiger partial charge in [-0.2, -0.15) is 0 Å². The fourth-order valence-corrected chi connectivity index (χ4v) is 5.33. The van der Waals surface area contributed by atoms with Crippen molar-refractivity contribution < 1.29 is 22.7 Å². The first-order chi connectivity index (χ1) is 19.6. The van der Waals surface area contributed by atoms with Gasteiger partial charge in [0.2, 0.25) is 5.56 Å². The highest BCUT2D eigenvalue weighted by atomic mass is 19.3.